The first-order valence-corrected chi connectivity index (χ1v) is 8.72. The third-order valence-corrected chi connectivity index (χ3v) is 5.01. The summed E-state index contributed by atoms with van der Waals surface area (Å²) in [7, 11) is 0. The highest BCUT2D eigenvalue weighted by Crippen LogP contribution is 2.44. The van der Waals surface area contributed by atoms with Crippen LogP contribution in [0.25, 0.3) is 6.08 Å². The summed E-state index contributed by atoms with van der Waals surface area (Å²) in [6.07, 6.45) is 5.29. The summed E-state index contributed by atoms with van der Waals surface area (Å²) in [5, 5.41) is 6.12. The van der Waals surface area contributed by atoms with Crippen LogP contribution in [0, 0.1) is 5.92 Å². The lowest BCUT2D eigenvalue weighted by Gasteiger charge is -2.28. The van der Waals surface area contributed by atoms with Gasteiger partial charge in [-0.1, -0.05) is 60.7 Å². The Labute approximate surface area is 147 Å². The van der Waals surface area contributed by atoms with E-state index in [1.54, 1.807) is 0 Å². The number of amides is 2. The Hall–Kier alpha value is -2.88. The summed E-state index contributed by atoms with van der Waals surface area (Å²) in [4.78, 5) is 12.0. The molecule has 126 valence electrons. The fraction of sp³-hybridized carbons (Fsp3) is 0.238. The van der Waals surface area contributed by atoms with E-state index in [0.29, 0.717) is 0 Å². The van der Waals surface area contributed by atoms with Crippen molar-refractivity contribution >= 4 is 17.8 Å². The maximum absolute atomic E-state index is 12.0. The predicted molar refractivity (Wildman–Crippen MR) is 99.8 cm³/mol. The Morgan fingerprint density at radius 3 is 2.44 bits per heavy atom. The molecule has 1 fully saturated rings. The number of carbonyl (C=O) groups is 1. The van der Waals surface area contributed by atoms with Gasteiger partial charge in [-0.05, 0) is 42.0 Å². The maximum Gasteiger partial charge on any atom is 0.335 e. The highest BCUT2D eigenvalue weighted by Gasteiger charge is 2.43. The summed E-state index contributed by atoms with van der Waals surface area (Å²) in [5.74, 6) is 0.207. The molecule has 25 heavy (non-hydrogen) atoms. The zero-order chi connectivity index (χ0) is 17.2. The van der Waals surface area contributed by atoms with E-state index in [0.717, 1.165) is 36.1 Å². The number of nitrogens with two attached hydrogens (primary N) is 1. The lowest BCUT2D eigenvalue weighted by Crippen LogP contribution is -2.35. The highest BCUT2D eigenvalue weighted by atomic mass is 16.2. The van der Waals surface area contributed by atoms with E-state index >= 15 is 0 Å². The van der Waals surface area contributed by atoms with Gasteiger partial charge < -0.3 is 5.73 Å². The summed E-state index contributed by atoms with van der Waals surface area (Å²) in [6, 6.07) is 19.7. The summed E-state index contributed by atoms with van der Waals surface area (Å²) in [5.41, 5.74) is 10.1. The van der Waals surface area contributed by atoms with Crippen LogP contribution in [0.2, 0.25) is 0 Å². The van der Waals surface area contributed by atoms with Crippen molar-refractivity contribution in [1.29, 1.82) is 0 Å². The molecule has 4 rings (SSSR count). The summed E-state index contributed by atoms with van der Waals surface area (Å²) < 4.78 is 0. The first-order valence-electron chi connectivity index (χ1n) is 8.72. The number of fused-ring (bicyclic) bond motifs is 1. The SMILES string of the molecule is NC(=O)N1N=C2/C(=C/c3ccccc3)CCC[C@H]2[C@@H]1c1ccccc1. The van der Waals surface area contributed by atoms with Gasteiger partial charge in [0.05, 0.1) is 11.8 Å². The van der Waals surface area contributed by atoms with Crippen LogP contribution in [0.1, 0.15) is 36.4 Å². The third-order valence-electron chi connectivity index (χ3n) is 5.01. The molecule has 4 heteroatoms. The zero-order valence-electron chi connectivity index (χ0n) is 14.0. The molecule has 0 saturated heterocycles. The smallest absolute Gasteiger partial charge is 0.335 e. The zero-order valence-corrected chi connectivity index (χ0v) is 14.0. The molecule has 2 aliphatic rings. The molecule has 1 saturated carbocycles. The topological polar surface area (TPSA) is 58.7 Å². The van der Waals surface area contributed by atoms with Crippen LogP contribution in [0.4, 0.5) is 4.79 Å². The van der Waals surface area contributed by atoms with Gasteiger partial charge in [-0.2, -0.15) is 5.10 Å². The Bertz CT molecular complexity index is 827. The van der Waals surface area contributed by atoms with Crippen LogP contribution in [0.15, 0.2) is 71.3 Å². The number of hydrogen-bond donors (Lipinski definition) is 1. The van der Waals surface area contributed by atoms with Crippen LogP contribution < -0.4 is 5.73 Å². The van der Waals surface area contributed by atoms with Crippen LogP contribution in [0.5, 0.6) is 0 Å². The second-order valence-electron chi connectivity index (χ2n) is 6.60. The van der Waals surface area contributed by atoms with E-state index in [4.69, 9.17) is 5.73 Å². The predicted octanol–water partition coefficient (Wildman–Crippen LogP) is 4.36. The molecule has 2 amide bonds. The highest BCUT2D eigenvalue weighted by molar-refractivity contribution is 6.08. The standard InChI is InChI=1S/C21H21N3O/c22-21(25)24-20(16-10-5-2-6-11-16)18-13-7-12-17(19(18)23-24)14-15-8-3-1-4-9-15/h1-6,8-11,14,18,20H,7,12-13H2,(H2,22,25)/b17-14+/t18-,20+/m1/s1. The minimum atomic E-state index is -0.491. The molecule has 4 nitrogen and oxygen atoms in total. The molecule has 0 aromatic heterocycles. The van der Waals surface area contributed by atoms with E-state index in [1.165, 1.54) is 10.6 Å². The second kappa shape index (κ2) is 6.55. The molecular weight excluding hydrogens is 310 g/mol. The molecule has 0 radical (unpaired) electrons. The molecule has 0 unspecified atom stereocenters. The van der Waals surface area contributed by atoms with Crippen molar-refractivity contribution < 1.29 is 4.79 Å². The van der Waals surface area contributed by atoms with Crippen LogP contribution in [-0.4, -0.2) is 16.8 Å². The van der Waals surface area contributed by atoms with E-state index in [2.05, 4.69) is 23.3 Å². The van der Waals surface area contributed by atoms with Crippen LogP contribution in [0.3, 0.4) is 0 Å². The number of urea groups is 1. The number of rotatable bonds is 2. The van der Waals surface area contributed by atoms with E-state index in [1.807, 2.05) is 48.5 Å². The number of allylic oxidation sites excluding steroid dienone is 1. The number of carbonyl (C=O) groups excluding carboxylic acids is 1. The van der Waals surface area contributed by atoms with Crippen molar-refractivity contribution in [2.45, 2.75) is 25.3 Å². The van der Waals surface area contributed by atoms with Gasteiger partial charge in [0.1, 0.15) is 0 Å². The second-order valence-corrected chi connectivity index (χ2v) is 6.60. The number of hydrogen-bond acceptors (Lipinski definition) is 2. The fourth-order valence-electron chi connectivity index (χ4n) is 3.92. The molecule has 1 aliphatic heterocycles. The Balaban J connectivity index is 1.74. The Kier molecular flexibility index (Phi) is 4.10. The van der Waals surface area contributed by atoms with Gasteiger partial charge in [0.25, 0.3) is 0 Å². The first kappa shape index (κ1) is 15.6. The van der Waals surface area contributed by atoms with Crippen molar-refractivity contribution in [3.8, 4) is 0 Å². The minimum absolute atomic E-state index is 0.104. The molecule has 2 aromatic carbocycles. The Morgan fingerprint density at radius 2 is 1.76 bits per heavy atom. The summed E-state index contributed by atoms with van der Waals surface area (Å²) >= 11 is 0. The van der Waals surface area contributed by atoms with Crippen LogP contribution >= 0.6 is 0 Å². The molecular formula is C21H21N3O. The third kappa shape index (κ3) is 2.95. The van der Waals surface area contributed by atoms with Gasteiger partial charge >= 0.3 is 6.03 Å². The largest absolute Gasteiger partial charge is 0.350 e. The van der Waals surface area contributed by atoms with Crippen molar-refractivity contribution in [2.24, 2.45) is 16.8 Å². The monoisotopic (exact) mass is 331 g/mol. The number of hydrazone groups is 1. The van der Waals surface area contributed by atoms with Crippen molar-refractivity contribution in [3.05, 3.63) is 77.4 Å². The normalized spacial score (nSPS) is 24.1. The minimum Gasteiger partial charge on any atom is -0.350 e. The molecule has 2 N–H and O–H groups in total. The number of primary amides is 1. The van der Waals surface area contributed by atoms with Gasteiger partial charge in [0, 0.05) is 5.92 Å². The van der Waals surface area contributed by atoms with Gasteiger partial charge in [0.15, 0.2) is 0 Å². The lowest BCUT2D eigenvalue weighted by atomic mass is 9.77. The molecule has 0 bridgehead atoms. The maximum atomic E-state index is 12.0. The van der Waals surface area contributed by atoms with Gasteiger partial charge in [-0.15, -0.1) is 0 Å². The van der Waals surface area contributed by atoms with Gasteiger partial charge in [-0.3, -0.25) is 0 Å². The molecule has 1 aliphatic carbocycles. The first-order chi connectivity index (χ1) is 12.2. The van der Waals surface area contributed by atoms with Crippen molar-refractivity contribution in [1.82, 2.24) is 5.01 Å². The van der Waals surface area contributed by atoms with E-state index in [-0.39, 0.29) is 12.0 Å². The van der Waals surface area contributed by atoms with E-state index in [9.17, 15) is 4.79 Å². The number of benzene rings is 2. The van der Waals surface area contributed by atoms with Crippen molar-refractivity contribution in [2.75, 3.05) is 0 Å². The quantitative estimate of drug-likeness (QED) is 0.873. The molecule has 1 heterocycles. The fourth-order valence-corrected chi connectivity index (χ4v) is 3.92. The average Bonchev–Trinajstić information content (AvgIpc) is 3.04. The molecule has 2 aromatic rings. The molecule has 0 spiro atoms. The van der Waals surface area contributed by atoms with Crippen molar-refractivity contribution in [3.63, 3.8) is 0 Å². The van der Waals surface area contributed by atoms with E-state index < -0.39 is 6.03 Å². The van der Waals surface area contributed by atoms with Crippen LogP contribution in [-0.2, 0) is 0 Å². The molecule has 2 atom stereocenters. The van der Waals surface area contributed by atoms with Gasteiger partial charge in [0.2, 0.25) is 0 Å². The number of nitrogens with zero attached hydrogens (tertiary/aromatic N) is 2. The lowest BCUT2D eigenvalue weighted by molar-refractivity contribution is 0.184. The summed E-state index contributed by atoms with van der Waals surface area (Å²) in [6.45, 7) is 0. The average molecular weight is 331 g/mol. The van der Waals surface area contributed by atoms with Gasteiger partial charge in [-0.25, -0.2) is 9.80 Å². The Morgan fingerprint density at radius 1 is 1.08 bits per heavy atom.